The third-order valence-corrected chi connectivity index (χ3v) is 10.2. The molecule has 0 spiro atoms. The summed E-state index contributed by atoms with van der Waals surface area (Å²) in [5, 5.41) is 8.27. The number of hydrogen-bond donors (Lipinski definition) is 2. The molecule has 1 fully saturated rings. The molecule has 0 unspecified atom stereocenters. The van der Waals surface area contributed by atoms with Gasteiger partial charge in [0.1, 0.15) is 11.6 Å². The van der Waals surface area contributed by atoms with E-state index in [4.69, 9.17) is 33.8 Å². The summed E-state index contributed by atoms with van der Waals surface area (Å²) in [6, 6.07) is 28.0. The summed E-state index contributed by atoms with van der Waals surface area (Å²) in [6.45, 7) is 4.27. The van der Waals surface area contributed by atoms with Crippen LogP contribution in [-0.4, -0.2) is 34.7 Å². The Kier molecular flexibility index (Phi) is 8.41. The Morgan fingerprint density at radius 3 is 1.86 bits per heavy atom. The lowest BCUT2D eigenvalue weighted by Gasteiger charge is -2.38. The molecule has 3 heterocycles. The molecule has 44 heavy (non-hydrogen) atoms. The number of thiocarbonyl (C=S) groups is 1. The first-order chi connectivity index (χ1) is 21.5. The second kappa shape index (κ2) is 12.7. The number of anilines is 3. The Morgan fingerprint density at radius 2 is 1.30 bits per heavy atom. The monoisotopic (exact) mass is 622 g/mol. The maximum Gasteiger partial charge on any atom is 0.232 e. The molecule has 7 rings (SSSR count). The van der Waals surface area contributed by atoms with Crippen LogP contribution in [0.5, 0.6) is 0 Å². The molecule has 1 saturated carbocycles. The van der Waals surface area contributed by atoms with Gasteiger partial charge in [-0.2, -0.15) is 9.97 Å². The summed E-state index contributed by atoms with van der Waals surface area (Å²) in [4.78, 5) is 14.8. The van der Waals surface area contributed by atoms with E-state index in [1.165, 1.54) is 47.1 Å². The van der Waals surface area contributed by atoms with Gasteiger partial charge in [0, 0.05) is 49.2 Å². The predicted octanol–water partition coefficient (Wildman–Crippen LogP) is 7.44. The maximum atomic E-state index is 6.23. The van der Waals surface area contributed by atoms with Gasteiger partial charge in [-0.25, -0.2) is 0 Å². The minimum Gasteiger partial charge on any atom is -0.361 e. The molecule has 0 bridgehead atoms. The van der Waals surface area contributed by atoms with Gasteiger partial charge in [0.15, 0.2) is 5.11 Å². The molecule has 8 heteroatoms. The summed E-state index contributed by atoms with van der Waals surface area (Å²) < 4.78 is 0. The molecule has 2 N–H and O–H groups in total. The molecule has 3 aromatic carbocycles. The molecule has 0 saturated heterocycles. The summed E-state index contributed by atoms with van der Waals surface area (Å²) in [5.74, 6) is 2.40. The fraction of sp³-hybridized carbons (Fsp3) is 0.361. The number of nitrogens with zero attached hydrogens (tertiary/aromatic N) is 4. The van der Waals surface area contributed by atoms with Crippen molar-refractivity contribution < 1.29 is 0 Å². The molecular formula is C36H39ClN6S. The van der Waals surface area contributed by atoms with E-state index in [1.807, 2.05) is 12.1 Å². The van der Waals surface area contributed by atoms with Crippen LogP contribution < -0.4 is 20.4 Å². The number of aromatic nitrogens is 2. The first-order valence-electron chi connectivity index (χ1n) is 15.9. The van der Waals surface area contributed by atoms with Crippen LogP contribution in [0.3, 0.4) is 0 Å². The minimum absolute atomic E-state index is 0.0326. The third-order valence-electron chi connectivity index (χ3n) is 9.69. The van der Waals surface area contributed by atoms with Crippen LogP contribution in [-0.2, 0) is 31.3 Å². The molecule has 2 aliphatic heterocycles. The average Bonchev–Trinajstić information content (AvgIpc) is 3.07. The van der Waals surface area contributed by atoms with E-state index < -0.39 is 0 Å². The number of rotatable bonds is 6. The van der Waals surface area contributed by atoms with Crippen LogP contribution in [0, 0.1) is 0 Å². The van der Waals surface area contributed by atoms with Crippen molar-refractivity contribution in [2.45, 2.75) is 63.5 Å². The predicted molar refractivity (Wildman–Crippen MR) is 185 cm³/mol. The normalized spacial score (nSPS) is 17.4. The van der Waals surface area contributed by atoms with E-state index in [9.17, 15) is 0 Å². The summed E-state index contributed by atoms with van der Waals surface area (Å²) in [5.41, 5.74) is 6.92. The number of fused-ring (bicyclic) bond motifs is 2. The summed E-state index contributed by atoms with van der Waals surface area (Å²) in [6.07, 6.45) is 7.99. The van der Waals surface area contributed by atoms with E-state index in [-0.39, 0.29) is 5.41 Å². The van der Waals surface area contributed by atoms with Crippen molar-refractivity contribution in [1.29, 1.82) is 0 Å². The maximum absolute atomic E-state index is 6.23. The van der Waals surface area contributed by atoms with Crippen LogP contribution >= 0.6 is 23.8 Å². The van der Waals surface area contributed by atoms with Gasteiger partial charge in [0.25, 0.3) is 0 Å². The first-order valence-corrected chi connectivity index (χ1v) is 16.7. The molecule has 1 aromatic heterocycles. The van der Waals surface area contributed by atoms with Crippen LogP contribution in [0.15, 0.2) is 78.9 Å². The van der Waals surface area contributed by atoms with Gasteiger partial charge in [0.2, 0.25) is 5.95 Å². The fourth-order valence-electron chi connectivity index (χ4n) is 7.18. The zero-order valence-electron chi connectivity index (χ0n) is 25.1. The van der Waals surface area contributed by atoms with Gasteiger partial charge in [-0.1, -0.05) is 91.5 Å². The highest BCUT2D eigenvalue weighted by Gasteiger charge is 2.34. The number of halogens is 1. The topological polar surface area (TPSA) is 56.3 Å². The van der Waals surface area contributed by atoms with E-state index in [1.54, 1.807) is 0 Å². The van der Waals surface area contributed by atoms with Gasteiger partial charge in [0.05, 0.1) is 0 Å². The van der Waals surface area contributed by atoms with Crippen LogP contribution in [0.4, 0.5) is 17.6 Å². The second-order valence-corrected chi connectivity index (χ2v) is 13.3. The summed E-state index contributed by atoms with van der Waals surface area (Å²) >= 11 is 12.1. The first kappa shape index (κ1) is 29.1. The quantitative estimate of drug-likeness (QED) is 0.217. The lowest BCUT2D eigenvalue weighted by Crippen LogP contribution is -2.43. The van der Waals surface area contributed by atoms with Gasteiger partial charge >= 0.3 is 0 Å². The lowest BCUT2D eigenvalue weighted by molar-refractivity contribution is 0.292. The number of nitrogens with one attached hydrogen (secondary N) is 2. The molecule has 0 atom stereocenters. The zero-order valence-corrected chi connectivity index (χ0v) is 26.6. The zero-order chi connectivity index (χ0) is 29.9. The van der Waals surface area contributed by atoms with Gasteiger partial charge in [-0.15, -0.1) is 0 Å². The van der Waals surface area contributed by atoms with Crippen molar-refractivity contribution in [2.75, 3.05) is 34.8 Å². The van der Waals surface area contributed by atoms with Crippen LogP contribution in [0.2, 0.25) is 5.02 Å². The van der Waals surface area contributed by atoms with Crippen molar-refractivity contribution >= 4 is 46.5 Å². The van der Waals surface area contributed by atoms with Crippen molar-refractivity contribution in [3.8, 4) is 0 Å². The van der Waals surface area contributed by atoms with E-state index >= 15 is 0 Å². The van der Waals surface area contributed by atoms with Gasteiger partial charge in [-0.05, 0) is 77.9 Å². The van der Waals surface area contributed by atoms with Crippen molar-refractivity contribution in [2.24, 2.45) is 0 Å². The SMILES string of the molecule is S=C(NCC1(c2ccc(Cl)cc2)CCCCC1)Nc1nc(N2CCc3ccccc3C2)cc(N2CCc3ccccc3C2)n1. The Bertz CT molecular complexity index is 1560. The molecular weight excluding hydrogens is 584 g/mol. The van der Waals surface area contributed by atoms with Crippen LogP contribution in [0.25, 0.3) is 0 Å². The average molecular weight is 623 g/mol. The van der Waals surface area contributed by atoms with E-state index in [2.05, 4.69) is 87.2 Å². The van der Waals surface area contributed by atoms with Crippen molar-refractivity contribution in [3.63, 3.8) is 0 Å². The number of hydrogen-bond acceptors (Lipinski definition) is 5. The van der Waals surface area contributed by atoms with E-state index in [0.29, 0.717) is 11.1 Å². The Morgan fingerprint density at radius 1 is 0.750 bits per heavy atom. The lowest BCUT2D eigenvalue weighted by atomic mass is 9.69. The third kappa shape index (κ3) is 6.26. The largest absolute Gasteiger partial charge is 0.361 e. The highest BCUT2D eigenvalue weighted by molar-refractivity contribution is 7.80. The van der Waals surface area contributed by atoms with Crippen LogP contribution in [0.1, 0.15) is 59.9 Å². The molecule has 6 nitrogen and oxygen atoms in total. The standard InChI is InChI=1S/C36H39ClN6S/c37-31-14-12-30(13-15-31)36(18-6-1-7-19-36)25-38-35(44)41-34-39-32(42-20-16-26-8-2-4-10-28(26)23-42)22-33(40-34)43-21-17-27-9-3-5-11-29(27)24-43/h2-5,8-15,22H,1,6-7,16-21,23-25H2,(H2,38,39,40,41,44). The fourth-order valence-corrected chi connectivity index (χ4v) is 7.47. The summed E-state index contributed by atoms with van der Waals surface area (Å²) in [7, 11) is 0. The Hall–Kier alpha value is -3.68. The Balaban J connectivity index is 1.13. The van der Waals surface area contributed by atoms with Crippen molar-refractivity contribution in [1.82, 2.24) is 15.3 Å². The molecule has 1 aliphatic carbocycles. The number of benzene rings is 3. The Labute approximate surface area is 270 Å². The second-order valence-electron chi connectivity index (χ2n) is 12.4. The minimum atomic E-state index is 0.0326. The molecule has 226 valence electrons. The van der Waals surface area contributed by atoms with Gasteiger partial charge < -0.3 is 20.4 Å². The van der Waals surface area contributed by atoms with Gasteiger partial charge in [-0.3, -0.25) is 0 Å². The molecule has 3 aliphatic rings. The smallest absolute Gasteiger partial charge is 0.232 e. The van der Waals surface area contributed by atoms with E-state index in [0.717, 1.165) is 75.1 Å². The molecule has 0 amide bonds. The molecule has 4 aromatic rings. The highest BCUT2D eigenvalue weighted by Crippen LogP contribution is 2.39. The molecule has 0 radical (unpaired) electrons. The van der Waals surface area contributed by atoms with Crippen molar-refractivity contribution in [3.05, 3.63) is 112 Å². The highest BCUT2D eigenvalue weighted by atomic mass is 35.5.